The van der Waals surface area contributed by atoms with Crippen molar-refractivity contribution < 1.29 is 13.9 Å². The largest absolute Gasteiger partial charge is 0.465 e. The molecule has 0 heterocycles. The lowest BCUT2D eigenvalue weighted by molar-refractivity contribution is 0.0600. The average Bonchev–Trinajstić information content (AvgIpc) is 3.34. The van der Waals surface area contributed by atoms with Gasteiger partial charge in [-0.15, -0.1) is 0 Å². The highest BCUT2D eigenvalue weighted by atomic mass is 19.1. The van der Waals surface area contributed by atoms with Crippen molar-refractivity contribution in [3.8, 4) is 0 Å². The zero-order valence-electron chi connectivity index (χ0n) is 12.4. The van der Waals surface area contributed by atoms with Crippen LogP contribution in [0.25, 0.3) is 0 Å². The lowest BCUT2D eigenvalue weighted by Crippen LogP contribution is -2.28. The second-order valence-corrected chi connectivity index (χ2v) is 6.29. The van der Waals surface area contributed by atoms with E-state index < -0.39 is 5.97 Å². The van der Waals surface area contributed by atoms with Crippen molar-refractivity contribution in [2.45, 2.75) is 44.6 Å². The molecule has 0 bridgehead atoms. The third kappa shape index (κ3) is 3.36. The molecule has 4 heteroatoms. The van der Waals surface area contributed by atoms with Gasteiger partial charge in [0.05, 0.1) is 18.4 Å². The molecule has 3 rings (SSSR count). The van der Waals surface area contributed by atoms with Crippen LogP contribution < -0.4 is 5.32 Å². The van der Waals surface area contributed by atoms with Gasteiger partial charge in [-0.1, -0.05) is 12.8 Å². The van der Waals surface area contributed by atoms with Crippen LogP contribution in [0.2, 0.25) is 0 Å². The van der Waals surface area contributed by atoms with E-state index in [-0.39, 0.29) is 5.82 Å². The van der Waals surface area contributed by atoms with Crippen LogP contribution in [0.5, 0.6) is 0 Å². The zero-order chi connectivity index (χ0) is 14.8. The number of anilines is 1. The van der Waals surface area contributed by atoms with E-state index in [9.17, 15) is 9.18 Å². The number of methoxy groups -OCH3 is 1. The standard InChI is InChI=1S/C17H22FNO2/c1-21-17(20)13-7-8-15(18)16(10-13)19-14-4-2-3-12(9-14)11-5-6-11/h7-8,10-12,14,19H,2-6,9H2,1H3. The quantitative estimate of drug-likeness (QED) is 0.852. The van der Waals surface area contributed by atoms with Crippen molar-refractivity contribution in [1.29, 1.82) is 0 Å². The molecule has 2 aliphatic carbocycles. The molecule has 0 aromatic heterocycles. The first kappa shape index (κ1) is 14.4. The fraction of sp³-hybridized carbons (Fsp3) is 0.588. The molecule has 0 spiro atoms. The molecule has 1 N–H and O–H groups in total. The van der Waals surface area contributed by atoms with Gasteiger partial charge in [-0.3, -0.25) is 0 Å². The van der Waals surface area contributed by atoms with Crippen molar-refractivity contribution >= 4 is 11.7 Å². The van der Waals surface area contributed by atoms with Gasteiger partial charge in [0.25, 0.3) is 0 Å². The normalized spacial score (nSPS) is 25.4. The van der Waals surface area contributed by atoms with E-state index in [0.717, 1.165) is 24.7 Å². The van der Waals surface area contributed by atoms with Crippen molar-refractivity contribution in [2.75, 3.05) is 12.4 Å². The molecular weight excluding hydrogens is 269 g/mol. The number of ether oxygens (including phenoxy) is 1. The van der Waals surface area contributed by atoms with E-state index in [1.807, 2.05) is 0 Å². The fourth-order valence-electron chi connectivity index (χ4n) is 3.46. The first-order valence-corrected chi connectivity index (χ1v) is 7.82. The van der Waals surface area contributed by atoms with Crippen LogP contribution in [0.1, 0.15) is 48.9 Å². The molecule has 1 aromatic rings. The number of esters is 1. The number of carbonyl (C=O) groups excluding carboxylic acids is 1. The predicted molar refractivity (Wildman–Crippen MR) is 79.8 cm³/mol. The summed E-state index contributed by atoms with van der Waals surface area (Å²) >= 11 is 0. The Bertz CT molecular complexity index is 528. The Labute approximate surface area is 124 Å². The van der Waals surface area contributed by atoms with Gasteiger partial charge in [-0.2, -0.15) is 0 Å². The maximum Gasteiger partial charge on any atom is 0.337 e. The van der Waals surface area contributed by atoms with Gasteiger partial charge >= 0.3 is 5.97 Å². The fourth-order valence-corrected chi connectivity index (χ4v) is 3.46. The summed E-state index contributed by atoms with van der Waals surface area (Å²) in [6.45, 7) is 0. The van der Waals surface area contributed by atoms with Gasteiger partial charge in [0.1, 0.15) is 5.82 Å². The Morgan fingerprint density at radius 3 is 2.76 bits per heavy atom. The SMILES string of the molecule is COC(=O)c1ccc(F)c(NC2CCCC(C3CC3)C2)c1. The summed E-state index contributed by atoms with van der Waals surface area (Å²) in [5.74, 6) is 0.956. The Morgan fingerprint density at radius 2 is 2.05 bits per heavy atom. The lowest BCUT2D eigenvalue weighted by atomic mass is 9.82. The van der Waals surface area contributed by atoms with E-state index in [1.54, 1.807) is 6.07 Å². The monoisotopic (exact) mass is 291 g/mol. The van der Waals surface area contributed by atoms with Crippen LogP contribution in [-0.2, 0) is 4.74 Å². The zero-order valence-corrected chi connectivity index (χ0v) is 12.4. The number of hydrogen-bond acceptors (Lipinski definition) is 3. The molecule has 2 fully saturated rings. The molecular formula is C17H22FNO2. The number of benzene rings is 1. The molecule has 1 aromatic carbocycles. The van der Waals surface area contributed by atoms with Gasteiger partial charge in [-0.05, 0) is 55.7 Å². The molecule has 2 aliphatic rings. The highest BCUT2D eigenvalue weighted by Crippen LogP contribution is 2.44. The lowest BCUT2D eigenvalue weighted by Gasteiger charge is -2.30. The molecule has 21 heavy (non-hydrogen) atoms. The first-order chi connectivity index (χ1) is 10.2. The van der Waals surface area contributed by atoms with E-state index >= 15 is 0 Å². The highest BCUT2D eigenvalue weighted by Gasteiger charge is 2.34. The summed E-state index contributed by atoms with van der Waals surface area (Å²) in [4.78, 5) is 11.5. The Kier molecular flexibility index (Phi) is 4.13. The Hall–Kier alpha value is -1.58. The molecule has 0 saturated heterocycles. The smallest absolute Gasteiger partial charge is 0.337 e. The second kappa shape index (κ2) is 6.04. The van der Waals surface area contributed by atoms with E-state index in [2.05, 4.69) is 10.1 Å². The summed E-state index contributed by atoms with van der Waals surface area (Å²) in [6, 6.07) is 4.66. The van der Waals surface area contributed by atoms with Gasteiger partial charge in [0.2, 0.25) is 0 Å². The minimum atomic E-state index is -0.433. The number of halogens is 1. The van der Waals surface area contributed by atoms with Crippen LogP contribution in [0.4, 0.5) is 10.1 Å². The van der Waals surface area contributed by atoms with Crippen molar-refractivity contribution in [3.63, 3.8) is 0 Å². The molecule has 2 saturated carbocycles. The highest BCUT2D eigenvalue weighted by molar-refractivity contribution is 5.90. The Morgan fingerprint density at radius 1 is 1.24 bits per heavy atom. The third-order valence-electron chi connectivity index (χ3n) is 4.75. The summed E-state index contributed by atoms with van der Waals surface area (Å²) in [5, 5.41) is 3.30. The first-order valence-electron chi connectivity index (χ1n) is 7.82. The molecule has 0 amide bonds. The van der Waals surface area contributed by atoms with Gasteiger partial charge in [0, 0.05) is 6.04 Å². The van der Waals surface area contributed by atoms with Crippen LogP contribution >= 0.6 is 0 Å². The van der Waals surface area contributed by atoms with Crippen molar-refractivity contribution in [2.24, 2.45) is 11.8 Å². The topological polar surface area (TPSA) is 38.3 Å². The minimum absolute atomic E-state index is 0.309. The molecule has 3 nitrogen and oxygen atoms in total. The van der Waals surface area contributed by atoms with Crippen LogP contribution in [0, 0.1) is 17.7 Å². The summed E-state index contributed by atoms with van der Waals surface area (Å²) in [7, 11) is 1.33. The molecule has 2 atom stereocenters. The number of hydrogen-bond donors (Lipinski definition) is 1. The minimum Gasteiger partial charge on any atom is -0.465 e. The number of rotatable bonds is 4. The van der Waals surface area contributed by atoms with Crippen LogP contribution in [0.3, 0.4) is 0 Å². The van der Waals surface area contributed by atoms with E-state index in [4.69, 9.17) is 0 Å². The molecule has 114 valence electrons. The maximum absolute atomic E-state index is 13.9. The molecule has 0 aliphatic heterocycles. The van der Waals surface area contributed by atoms with Gasteiger partial charge in [0.15, 0.2) is 0 Å². The van der Waals surface area contributed by atoms with Gasteiger partial charge < -0.3 is 10.1 Å². The Balaban J connectivity index is 1.69. The van der Waals surface area contributed by atoms with Crippen molar-refractivity contribution in [3.05, 3.63) is 29.6 Å². The number of carbonyl (C=O) groups is 1. The summed E-state index contributed by atoms with van der Waals surface area (Å²) < 4.78 is 18.6. The van der Waals surface area contributed by atoms with Crippen molar-refractivity contribution in [1.82, 2.24) is 0 Å². The van der Waals surface area contributed by atoms with E-state index in [0.29, 0.717) is 17.3 Å². The average molecular weight is 291 g/mol. The maximum atomic E-state index is 13.9. The molecule has 2 unspecified atom stereocenters. The number of nitrogens with one attached hydrogen (secondary N) is 1. The van der Waals surface area contributed by atoms with Crippen LogP contribution in [-0.4, -0.2) is 19.1 Å². The van der Waals surface area contributed by atoms with E-state index in [1.165, 1.54) is 44.9 Å². The third-order valence-corrected chi connectivity index (χ3v) is 4.75. The predicted octanol–water partition coefficient (Wildman–Crippen LogP) is 3.99. The second-order valence-electron chi connectivity index (χ2n) is 6.29. The van der Waals surface area contributed by atoms with Crippen LogP contribution in [0.15, 0.2) is 18.2 Å². The summed E-state index contributed by atoms with van der Waals surface area (Å²) in [5.41, 5.74) is 0.801. The van der Waals surface area contributed by atoms with Gasteiger partial charge in [-0.25, -0.2) is 9.18 Å². The summed E-state index contributed by atoms with van der Waals surface area (Å²) in [6.07, 6.45) is 7.44. The molecule has 0 radical (unpaired) electrons.